The number of ether oxygens (including phenoxy) is 1. The molecule has 5 aromatic rings. The summed E-state index contributed by atoms with van der Waals surface area (Å²) in [6.45, 7) is 0. The highest BCUT2D eigenvalue weighted by molar-refractivity contribution is 9.10. The van der Waals surface area contributed by atoms with E-state index in [-0.39, 0.29) is 11.4 Å². The second kappa shape index (κ2) is 8.67. The Hall–Kier alpha value is -3.13. The fraction of sp³-hybridized carbons (Fsp3) is 0.0417. The zero-order valence-corrected chi connectivity index (χ0v) is 20.1. The third-order valence-electron chi connectivity index (χ3n) is 5.00. The molecule has 0 saturated heterocycles. The predicted molar refractivity (Wildman–Crippen MR) is 135 cm³/mol. The van der Waals surface area contributed by atoms with Crippen molar-refractivity contribution in [2.24, 2.45) is 5.10 Å². The molecule has 0 spiro atoms. The number of aromatic nitrogens is 2. The Labute approximate surface area is 206 Å². The van der Waals surface area contributed by atoms with E-state index in [2.05, 4.69) is 26.0 Å². The summed E-state index contributed by atoms with van der Waals surface area (Å²) in [5.41, 5.74) is 1.50. The van der Waals surface area contributed by atoms with Crippen LogP contribution in [0.15, 0.2) is 79.4 Å². The zero-order valence-electron chi connectivity index (χ0n) is 17.1. The maximum absolute atomic E-state index is 13.3. The quantitative estimate of drug-likeness (QED) is 0.235. The first kappa shape index (κ1) is 21.7. The van der Waals surface area contributed by atoms with Crippen molar-refractivity contribution in [2.45, 2.75) is 0 Å². The van der Waals surface area contributed by atoms with Crippen LogP contribution in [0.3, 0.4) is 0 Å². The summed E-state index contributed by atoms with van der Waals surface area (Å²) in [6.07, 6.45) is 1.52. The fourth-order valence-electron chi connectivity index (χ4n) is 3.49. The van der Waals surface area contributed by atoms with Gasteiger partial charge in [0, 0.05) is 10.4 Å². The van der Waals surface area contributed by atoms with Gasteiger partial charge >= 0.3 is 0 Å². The van der Waals surface area contributed by atoms with E-state index in [1.54, 1.807) is 54.6 Å². The molecule has 0 amide bonds. The molecule has 2 heterocycles. The number of nitrogens with zero attached hydrogens (tertiary/aromatic N) is 3. The Morgan fingerprint density at radius 1 is 1.12 bits per heavy atom. The van der Waals surface area contributed by atoms with Crippen molar-refractivity contribution in [2.75, 3.05) is 7.11 Å². The zero-order chi connectivity index (χ0) is 23.1. The van der Waals surface area contributed by atoms with E-state index >= 15 is 0 Å². The normalized spacial score (nSPS) is 11.6. The maximum Gasteiger partial charge on any atom is 0.282 e. The molecule has 0 saturated carbocycles. The summed E-state index contributed by atoms with van der Waals surface area (Å²) >= 11 is 15.8. The Bertz CT molecular complexity index is 1600. The van der Waals surface area contributed by atoms with E-state index in [0.717, 1.165) is 5.39 Å². The summed E-state index contributed by atoms with van der Waals surface area (Å²) in [5, 5.41) is 6.66. The summed E-state index contributed by atoms with van der Waals surface area (Å²) in [4.78, 5) is 18.0. The van der Waals surface area contributed by atoms with Crippen LogP contribution in [0.5, 0.6) is 5.75 Å². The lowest BCUT2D eigenvalue weighted by atomic mass is 10.2. The summed E-state index contributed by atoms with van der Waals surface area (Å²) in [6, 6.07) is 17.6. The van der Waals surface area contributed by atoms with Crippen LogP contribution in [0.1, 0.15) is 5.56 Å². The smallest absolute Gasteiger partial charge is 0.282 e. The molecule has 0 N–H and O–H groups in total. The molecular weight excluding hydrogens is 529 g/mol. The van der Waals surface area contributed by atoms with Crippen molar-refractivity contribution in [3.63, 3.8) is 0 Å². The van der Waals surface area contributed by atoms with Gasteiger partial charge in [-0.3, -0.25) is 4.79 Å². The average molecular weight is 543 g/mol. The molecule has 2 aromatic heterocycles. The number of fused-ring (bicyclic) bond motifs is 2. The lowest BCUT2D eigenvalue weighted by Crippen LogP contribution is -2.20. The number of rotatable bonds is 4. The van der Waals surface area contributed by atoms with Gasteiger partial charge in [-0.2, -0.15) is 9.78 Å². The largest absolute Gasteiger partial charge is 0.494 e. The number of furan rings is 1. The van der Waals surface area contributed by atoms with Crippen LogP contribution in [-0.4, -0.2) is 23.0 Å². The second-order valence-corrected chi connectivity index (χ2v) is 8.82. The molecule has 0 fully saturated rings. The molecule has 0 unspecified atom stereocenters. The van der Waals surface area contributed by atoms with Gasteiger partial charge < -0.3 is 9.15 Å². The van der Waals surface area contributed by atoms with E-state index in [9.17, 15) is 4.79 Å². The average Bonchev–Trinajstić information content (AvgIpc) is 3.21. The van der Waals surface area contributed by atoms with Gasteiger partial charge in [0.05, 0.1) is 33.7 Å². The van der Waals surface area contributed by atoms with Crippen LogP contribution in [0, 0.1) is 0 Å². The first-order valence-electron chi connectivity index (χ1n) is 9.73. The van der Waals surface area contributed by atoms with Gasteiger partial charge in [-0.15, -0.1) is 0 Å². The van der Waals surface area contributed by atoms with Crippen LogP contribution in [-0.2, 0) is 0 Å². The molecule has 0 radical (unpaired) electrons. The molecule has 164 valence electrons. The van der Waals surface area contributed by atoms with Crippen LogP contribution in [0.4, 0.5) is 0 Å². The maximum atomic E-state index is 13.3. The molecule has 0 aliphatic carbocycles. The van der Waals surface area contributed by atoms with E-state index < -0.39 is 0 Å². The Morgan fingerprint density at radius 3 is 2.73 bits per heavy atom. The molecule has 5 rings (SSSR count). The van der Waals surface area contributed by atoms with Crippen molar-refractivity contribution in [3.05, 3.63) is 91.1 Å². The van der Waals surface area contributed by atoms with Gasteiger partial charge in [-0.25, -0.2) is 4.98 Å². The van der Waals surface area contributed by atoms with Crippen LogP contribution in [0.2, 0.25) is 10.0 Å². The monoisotopic (exact) mass is 541 g/mol. The third-order valence-corrected chi connectivity index (χ3v) is 6.10. The Kier molecular flexibility index (Phi) is 5.70. The lowest BCUT2D eigenvalue weighted by molar-refractivity contribution is 0.412. The minimum absolute atomic E-state index is 0.265. The summed E-state index contributed by atoms with van der Waals surface area (Å²) in [7, 11) is 1.53. The molecule has 33 heavy (non-hydrogen) atoms. The minimum Gasteiger partial charge on any atom is -0.494 e. The van der Waals surface area contributed by atoms with Gasteiger partial charge in [0.1, 0.15) is 5.58 Å². The molecule has 0 bridgehead atoms. The van der Waals surface area contributed by atoms with E-state index in [1.165, 1.54) is 18.0 Å². The molecule has 6 nitrogen and oxygen atoms in total. The van der Waals surface area contributed by atoms with Crippen LogP contribution in [0.25, 0.3) is 33.5 Å². The van der Waals surface area contributed by atoms with Gasteiger partial charge in [0.25, 0.3) is 5.56 Å². The standard InChI is InChI=1S/C24H14BrCl2N3O3/c1-32-22-17(25)8-13(9-18(22)27)12-28-30-23(29-19-5-3-2-4-16(19)24(30)31)21-11-14-10-15(26)6-7-20(14)33-21/h2-12H,1H3. The van der Waals surface area contributed by atoms with Gasteiger partial charge in [-0.1, -0.05) is 35.3 Å². The summed E-state index contributed by atoms with van der Waals surface area (Å²) < 4.78 is 13.1. The molecule has 0 aliphatic heterocycles. The molecule has 3 aromatic carbocycles. The van der Waals surface area contributed by atoms with Crippen molar-refractivity contribution >= 4 is 67.2 Å². The van der Waals surface area contributed by atoms with Crippen molar-refractivity contribution < 1.29 is 9.15 Å². The number of methoxy groups -OCH3 is 1. The van der Waals surface area contributed by atoms with Gasteiger partial charge in [0.15, 0.2) is 11.5 Å². The fourth-order valence-corrected chi connectivity index (χ4v) is 4.73. The topological polar surface area (TPSA) is 69.6 Å². The first-order valence-corrected chi connectivity index (χ1v) is 11.3. The third kappa shape index (κ3) is 4.04. The van der Waals surface area contributed by atoms with Crippen molar-refractivity contribution in [1.29, 1.82) is 0 Å². The SMILES string of the molecule is COc1c(Cl)cc(C=Nn2c(-c3cc4cc(Cl)ccc4o3)nc3ccccc3c2=O)cc1Br. The van der Waals surface area contributed by atoms with Gasteiger partial charge in [-0.05, 0) is 70.0 Å². The lowest BCUT2D eigenvalue weighted by Gasteiger charge is -2.08. The first-order chi connectivity index (χ1) is 15.9. The van der Waals surface area contributed by atoms with Gasteiger partial charge in [0.2, 0.25) is 5.82 Å². The number of benzene rings is 3. The Morgan fingerprint density at radius 2 is 1.94 bits per heavy atom. The molecular formula is C24H14BrCl2N3O3. The predicted octanol–water partition coefficient (Wildman–Crippen LogP) is 6.77. The van der Waals surface area contributed by atoms with E-state index in [1.807, 2.05) is 6.07 Å². The highest BCUT2D eigenvalue weighted by Gasteiger charge is 2.17. The number of halogens is 3. The van der Waals surface area contributed by atoms with Crippen LogP contribution >= 0.6 is 39.1 Å². The van der Waals surface area contributed by atoms with E-state index in [4.69, 9.17) is 32.4 Å². The summed E-state index contributed by atoms with van der Waals surface area (Å²) in [5.74, 6) is 1.17. The second-order valence-electron chi connectivity index (χ2n) is 7.12. The number of hydrogen-bond acceptors (Lipinski definition) is 5. The van der Waals surface area contributed by atoms with Crippen molar-refractivity contribution in [1.82, 2.24) is 9.66 Å². The molecule has 0 aliphatic rings. The minimum atomic E-state index is -0.330. The number of para-hydroxylation sites is 1. The highest BCUT2D eigenvalue weighted by atomic mass is 79.9. The number of hydrogen-bond donors (Lipinski definition) is 0. The highest BCUT2D eigenvalue weighted by Crippen LogP contribution is 2.34. The van der Waals surface area contributed by atoms with Crippen LogP contribution < -0.4 is 10.3 Å². The molecule has 9 heteroatoms. The van der Waals surface area contributed by atoms with E-state index in [0.29, 0.717) is 48.1 Å². The van der Waals surface area contributed by atoms with Crippen molar-refractivity contribution in [3.8, 4) is 17.3 Å². The molecule has 0 atom stereocenters. The Balaban J connectivity index is 1.71.